The summed E-state index contributed by atoms with van der Waals surface area (Å²) in [5, 5.41) is 5.48. The number of ether oxygens (including phenoxy) is 2. The van der Waals surface area contributed by atoms with E-state index in [0.717, 1.165) is 51.3 Å². The highest BCUT2D eigenvalue weighted by atomic mass is 16.5. The van der Waals surface area contributed by atoms with Gasteiger partial charge < -0.3 is 24.7 Å². The van der Waals surface area contributed by atoms with Crippen LogP contribution in [0.15, 0.2) is 41.2 Å². The molecule has 0 unspecified atom stereocenters. The first-order valence-corrected chi connectivity index (χ1v) is 11.4. The number of benzene rings is 1. The highest BCUT2D eigenvalue weighted by Crippen LogP contribution is 2.37. The van der Waals surface area contributed by atoms with E-state index in [-0.39, 0.29) is 5.56 Å². The van der Waals surface area contributed by atoms with Gasteiger partial charge in [-0.25, -0.2) is 4.79 Å². The minimum absolute atomic E-state index is 0.133. The number of anilines is 2. The summed E-state index contributed by atoms with van der Waals surface area (Å²) >= 11 is 0. The van der Waals surface area contributed by atoms with E-state index in [4.69, 9.17) is 9.47 Å². The molecule has 8 nitrogen and oxygen atoms in total. The highest BCUT2D eigenvalue weighted by molar-refractivity contribution is 6.00. The molecule has 0 spiro atoms. The Hall–Kier alpha value is -2.84. The highest BCUT2D eigenvalue weighted by Gasteiger charge is 2.37. The lowest BCUT2D eigenvalue weighted by atomic mass is 9.82. The number of hydrogen-bond acceptors (Lipinski definition) is 5. The van der Waals surface area contributed by atoms with E-state index in [1.165, 1.54) is 0 Å². The van der Waals surface area contributed by atoms with Crippen molar-refractivity contribution in [1.29, 1.82) is 0 Å². The molecular weight excluding hydrogens is 408 g/mol. The summed E-state index contributed by atoms with van der Waals surface area (Å²) < 4.78 is 12.7. The van der Waals surface area contributed by atoms with E-state index in [2.05, 4.69) is 15.5 Å². The van der Waals surface area contributed by atoms with Crippen LogP contribution in [0.4, 0.5) is 16.2 Å². The maximum absolute atomic E-state index is 13.2. The molecule has 5 rings (SSSR count). The molecule has 0 radical (unpaired) electrons. The molecule has 170 valence electrons. The second-order valence-electron chi connectivity index (χ2n) is 8.96. The van der Waals surface area contributed by atoms with Crippen molar-refractivity contribution < 1.29 is 14.3 Å². The number of carbonyl (C=O) groups is 1. The quantitative estimate of drug-likeness (QED) is 0.766. The van der Waals surface area contributed by atoms with Crippen molar-refractivity contribution in [3.8, 4) is 5.75 Å². The molecule has 8 heteroatoms. The van der Waals surface area contributed by atoms with Crippen LogP contribution in [0.1, 0.15) is 30.9 Å². The van der Waals surface area contributed by atoms with Crippen molar-refractivity contribution in [2.45, 2.75) is 37.8 Å². The van der Waals surface area contributed by atoms with Gasteiger partial charge in [-0.1, -0.05) is 12.1 Å². The van der Waals surface area contributed by atoms with Crippen LogP contribution < -0.4 is 20.9 Å². The zero-order valence-corrected chi connectivity index (χ0v) is 18.4. The number of rotatable bonds is 4. The molecule has 2 aromatic rings. The van der Waals surface area contributed by atoms with Gasteiger partial charge in [0.25, 0.3) is 5.56 Å². The van der Waals surface area contributed by atoms with Crippen LogP contribution >= 0.6 is 0 Å². The number of para-hydroxylation sites is 2. The Morgan fingerprint density at radius 1 is 1.03 bits per heavy atom. The number of pyridine rings is 1. The van der Waals surface area contributed by atoms with Gasteiger partial charge in [0.15, 0.2) is 0 Å². The number of amides is 2. The molecule has 0 aliphatic carbocycles. The number of aromatic nitrogens is 1. The molecule has 0 saturated carbocycles. The second-order valence-corrected chi connectivity index (χ2v) is 8.96. The number of carbonyl (C=O) groups excluding carboxylic acids is 1. The summed E-state index contributed by atoms with van der Waals surface area (Å²) in [6.45, 7) is 4.41. The van der Waals surface area contributed by atoms with Crippen LogP contribution in [0.3, 0.4) is 0 Å². The summed E-state index contributed by atoms with van der Waals surface area (Å²) in [6, 6.07) is 11.0. The lowest BCUT2D eigenvalue weighted by Gasteiger charge is -2.46. The van der Waals surface area contributed by atoms with Gasteiger partial charge in [0, 0.05) is 50.5 Å². The first-order chi connectivity index (χ1) is 15.6. The molecule has 4 heterocycles. The average molecular weight is 439 g/mol. The molecule has 2 fully saturated rings. The van der Waals surface area contributed by atoms with Crippen molar-refractivity contribution in [3.63, 3.8) is 0 Å². The number of urea groups is 1. The zero-order chi connectivity index (χ0) is 22.1. The predicted octanol–water partition coefficient (Wildman–Crippen LogP) is 3.10. The van der Waals surface area contributed by atoms with Gasteiger partial charge in [0.2, 0.25) is 0 Å². The lowest BCUT2D eigenvalue weighted by Crippen LogP contribution is -2.51. The van der Waals surface area contributed by atoms with E-state index in [1.807, 2.05) is 22.8 Å². The smallest absolute Gasteiger partial charge is 0.323 e. The molecule has 2 amide bonds. The Labute approximate surface area is 187 Å². The van der Waals surface area contributed by atoms with E-state index in [0.29, 0.717) is 41.5 Å². The van der Waals surface area contributed by atoms with E-state index >= 15 is 0 Å². The zero-order valence-electron chi connectivity index (χ0n) is 18.4. The molecule has 2 atom stereocenters. The lowest BCUT2D eigenvalue weighted by molar-refractivity contribution is 0.00589. The molecular formula is C24H30N4O4. The van der Waals surface area contributed by atoms with Crippen molar-refractivity contribution >= 4 is 17.4 Å². The van der Waals surface area contributed by atoms with Crippen molar-refractivity contribution in [2.24, 2.45) is 5.92 Å². The third-order valence-corrected chi connectivity index (χ3v) is 6.94. The maximum Gasteiger partial charge on any atom is 0.323 e. The van der Waals surface area contributed by atoms with E-state index in [9.17, 15) is 9.59 Å². The third kappa shape index (κ3) is 4.12. The van der Waals surface area contributed by atoms with Gasteiger partial charge in [0.1, 0.15) is 11.4 Å². The number of likely N-dealkylation sites (tertiary alicyclic amines) is 1. The fourth-order valence-electron chi connectivity index (χ4n) is 5.45. The largest absolute Gasteiger partial charge is 0.495 e. The Morgan fingerprint density at radius 2 is 1.81 bits per heavy atom. The fourth-order valence-corrected chi connectivity index (χ4v) is 5.45. The predicted molar refractivity (Wildman–Crippen MR) is 123 cm³/mol. The van der Waals surface area contributed by atoms with Crippen LogP contribution in [0.5, 0.6) is 5.75 Å². The first-order valence-electron chi connectivity index (χ1n) is 11.4. The summed E-state index contributed by atoms with van der Waals surface area (Å²) in [7, 11) is 1.55. The second kappa shape index (κ2) is 8.96. The van der Waals surface area contributed by atoms with Gasteiger partial charge in [-0.2, -0.15) is 0 Å². The molecule has 2 bridgehead atoms. The number of nitrogens with one attached hydrogen (secondary N) is 2. The molecule has 1 aromatic heterocycles. The van der Waals surface area contributed by atoms with Gasteiger partial charge in [-0.3, -0.25) is 9.69 Å². The van der Waals surface area contributed by atoms with Crippen LogP contribution in [0.25, 0.3) is 0 Å². The topological polar surface area (TPSA) is 84.8 Å². The number of fused-ring (bicyclic) bond motifs is 4. The summed E-state index contributed by atoms with van der Waals surface area (Å²) in [6.07, 6.45) is 3.31. The number of hydrogen-bond donors (Lipinski definition) is 2. The van der Waals surface area contributed by atoms with Crippen LogP contribution in [-0.2, 0) is 11.3 Å². The standard InChI is InChI=1S/C24H30N4O4/c1-31-22-5-3-2-4-19(22)25-24(30)26-20-6-7-21-17-12-16(14-28(21)23(20)29)13-27(15-17)18-8-10-32-11-9-18/h2-7,16-18H,8-15H2,1H3,(H2,25,26,30)/t16-,17+/m0/s1. The summed E-state index contributed by atoms with van der Waals surface area (Å²) in [5.74, 6) is 1.38. The Bertz CT molecular complexity index is 1050. The van der Waals surface area contributed by atoms with Crippen LogP contribution in [-0.4, -0.2) is 55.0 Å². The fraction of sp³-hybridized carbons (Fsp3) is 0.500. The molecule has 2 saturated heterocycles. The van der Waals surface area contributed by atoms with Crippen molar-refractivity contribution in [1.82, 2.24) is 9.47 Å². The molecule has 32 heavy (non-hydrogen) atoms. The molecule has 3 aliphatic rings. The first kappa shape index (κ1) is 21.0. The molecule has 1 aromatic carbocycles. The molecule has 3 aliphatic heterocycles. The minimum atomic E-state index is -0.464. The Kier molecular flexibility index (Phi) is 5.89. The number of nitrogens with zero attached hydrogens (tertiary/aromatic N) is 2. The van der Waals surface area contributed by atoms with Crippen LogP contribution in [0.2, 0.25) is 0 Å². The van der Waals surface area contributed by atoms with Gasteiger partial charge >= 0.3 is 6.03 Å². The van der Waals surface area contributed by atoms with Gasteiger partial charge in [0.05, 0.1) is 12.8 Å². The Balaban J connectivity index is 1.31. The van der Waals surface area contributed by atoms with E-state index < -0.39 is 6.03 Å². The number of methoxy groups -OCH3 is 1. The van der Waals surface area contributed by atoms with Gasteiger partial charge in [-0.05, 0) is 49.4 Å². The maximum atomic E-state index is 13.2. The van der Waals surface area contributed by atoms with E-state index in [1.54, 1.807) is 25.3 Å². The number of piperidine rings is 1. The Morgan fingerprint density at radius 3 is 2.62 bits per heavy atom. The normalized spacial score (nSPS) is 23.3. The van der Waals surface area contributed by atoms with Gasteiger partial charge in [-0.15, -0.1) is 0 Å². The van der Waals surface area contributed by atoms with Crippen molar-refractivity contribution in [3.05, 3.63) is 52.4 Å². The van der Waals surface area contributed by atoms with Crippen LogP contribution in [0, 0.1) is 5.92 Å². The monoisotopic (exact) mass is 438 g/mol. The summed E-state index contributed by atoms with van der Waals surface area (Å²) in [4.78, 5) is 28.4. The van der Waals surface area contributed by atoms with Crippen molar-refractivity contribution in [2.75, 3.05) is 44.0 Å². The average Bonchev–Trinajstić information content (AvgIpc) is 2.82. The molecule has 2 N–H and O–H groups in total. The SMILES string of the molecule is COc1ccccc1NC(=O)Nc1ccc2n(c1=O)C[C@H]1C[C@@H]2CN(C2CCOCC2)C1. The third-order valence-electron chi connectivity index (χ3n) is 6.94. The minimum Gasteiger partial charge on any atom is -0.495 e. The summed E-state index contributed by atoms with van der Waals surface area (Å²) in [5.41, 5.74) is 1.79.